The number of ether oxygens (including phenoxy) is 1. The van der Waals surface area contributed by atoms with Gasteiger partial charge in [0.15, 0.2) is 0 Å². The van der Waals surface area contributed by atoms with Crippen LogP contribution in [0.4, 0.5) is 4.39 Å². The zero-order valence-electron chi connectivity index (χ0n) is 7.47. The molecule has 3 heteroatoms. The van der Waals surface area contributed by atoms with Crippen LogP contribution in [0, 0.1) is 5.82 Å². The molecule has 0 radical (unpaired) electrons. The quantitative estimate of drug-likeness (QED) is 0.678. The van der Waals surface area contributed by atoms with Crippen molar-refractivity contribution in [2.24, 2.45) is 0 Å². The lowest BCUT2D eigenvalue weighted by molar-refractivity contribution is 0.388. The van der Waals surface area contributed by atoms with E-state index >= 15 is 0 Å². The summed E-state index contributed by atoms with van der Waals surface area (Å²) in [5, 5.41) is 0. The monoisotopic (exact) mass is 169 g/mol. The Labute approximate surface area is 71.4 Å². The van der Waals surface area contributed by atoms with Crippen LogP contribution in [0.5, 0.6) is 5.88 Å². The minimum Gasteiger partial charge on any atom is -0.481 e. The maximum atomic E-state index is 12.7. The first kappa shape index (κ1) is 8.97. The van der Waals surface area contributed by atoms with Crippen molar-refractivity contribution in [3.05, 3.63) is 23.6 Å². The van der Waals surface area contributed by atoms with Crippen LogP contribution in [0.25, 0.3) is 0 Å². The Morgan fingerprint density at radius 1 is 1.50 bits per heavy atom. The predicted octanol–water partition coefficient (Wildman–Crippen LogP) is 2.35. The van der Waals surface area contributed by atoms with Crippen LogP contribution >= 0.6 is 0 Å². The lowest BCUT2D eigenvalue weighted by Crippen LogP contribution is -1.97. The minimum absolute atomic E-state index is 0.225. The predicted molar refractivity (Wildman–Crippen MR) is 44.8 cm³/mol. The standard InChI is InChI=1S/C9H12FNO/c1-6(2)8-4-7(10)5-11-9(8)12-3/h4-6H,1-3H3. The fourth-order valence-corrected chi connectivity index (χ4v) is 1.03. The van der Waals surface area contributed by atoms with E-state index in [1.165, 1.54) is 13.2 Å². The van der Waals surface area contributed by atoms with Gasteiger partial charge >= 0.3 is 0 Å². The zero-order chi connectivity index (χ0) is 9.14. The van der Waals surface area contributed by atoms with Gasteiger partial charge in [-0.25, -0.2) is 9.37 Å². The molecule has 0 atom stereocenters. The summed E-state index contributed by atoms with van der Waals surface area (Å²) in [6.45, 7) is 3.94. The highest BCUT2D eigenvalue weighted by atomic mass is 19.1. The van der Waals surface area contributed by atoms with Crippen molar-refractivity contribution in [3.63, 3.8) is 0 Å². The lowest BCUT2D eigenvalue weighted by atomic mass is 10.1. The number of pyridine rings is 1. The smallest absolute Gasteiger partial charge is 0.216 e. The SMILES string of the molecule is COc1ncc(F)cc1C(C)C. The molecule has 0 spiro atoms. The largest absolute Gasteiger partial charge is 0.481 e. The Morgan fingerprint density at radius 3 is 2.67 bits per heavy atom. The van der Waals surface area contributed by atoms with Crippen LogP contribution in [0.15, 0.2) is 12.3 Å². The molecule has 0 bridgehead atoms. The molecule has 1 aromatic heterocycles. The van der Waals surface area contributed by atoms with Gasteiger partial charge < -0.3 is 4.74 Å². The topological polar surface area (TPSA) is 22.1 Å². The van der Waals surface area contributed by atoms with Gasteiger partial charge in [0.1, 0.15) is 5.82 Å². The van der Waals surface area contributed by atoms with E-state index in [2.05, 4.69) is 4.98 Å². The fraction of sp³-hybridized carbons (Fsp3) is 0.444. The molecule has 0 amide bonds. The van der Waals surface area contributed by atoms with Crippen LogP contribution in [-0.2, 0) is 0 Å². The van der Waals surface area contributed by atoms with Gasteiger partial charge in [0, 0.05) is 5.56 Å². The second kappa shape index (κ2) is 3.52. The minimum atomic E-state index is -0.320. The molecule has 0 aliphatic carbocycles. The average Bonchev–Trinajstić information content (AvgIpc) is 2.04. The van der Waals surface area contributed by atoms with Crippen molar-refractivity contribution in [3.8, 4) is 5.88 Å². The molecule has 1 aromatic rings. The van der Waals surface area contributed by atoms with Crippen molar-refractivity contribution in [1.82, 2.24) is 4.98 Å². The number of rotatable bonds is 2. The van der Waals surface area contributed by atoms with Crippen molar-refractivity contribution in [1.29, 1.82) is 0 Å². The summed E-state index contributed by atoms with van der Waals surface area (Å²) in [5.74, 6) is 0.411. The third-order valence-electron chi connectivity index (χ3n) is 1.66. The van der Waals surface area contributed by atoms with E-state index in [1.54, 1.807) is 0 Å². The molecule has 0 aliphatic heterocycles. The van der Waals surface area contributed by atoms with E-state index in [1.807, 2.05) is 13.8 Å². The molecule has 1 rings (SSSR count). The number of aromatic nitrogens is 1. The Balaban J connectivity index is 3.12. The van der Waals surface area contributed by atoms with Gasteiger partial charge in [0.25, 0.3) is 0 Å². The fourth-order valence-electron chi connectivity index (χ4n) is 1.03. The van der Waals surface area contributed by atoms with E-state index in [0.717, 1.165) is 11.8 Å². The summed E-state index contributed by atoms with van der Waals surface area (Å²) >= 11 is 0. The first-order valence-electron chi connectivity index (χ1n) is 3.84. The van der Waals surface area contributed by atoms with Gasteiger partial charge in [0.2, 0.25) is 5.88 Å². The highest BCUT2D eigenvalue weighted by Crippen LogP contribution is 2.23. The van der Waals surface area contributed by atoms with Gasteiger partial charge in [-0.3, -0.25) is 0 Å². The molecule has 0 aliphatic rings. The number of halogens is 1. The van der Waals surface area contributed by atoms with E-state index in [0.29, 0.717) is 5.88 Å². The molecule has 0 aromatic carbocycles. The van der Waals surface area contributed by atoms with E-state index in [9.17, 15) is 4.39 Å². The molecule has 2 nitrogen and oxygen atoms in total. The molecule has 0 saturated heterocycles. The molecule has 0 fully saturated rings. The second-order valence-corrected chi connectivity index (χ2v) is 2.91. The molecule has 1 heterocycles. The summed E-state index contributed by atoms with van der Waals surface area (Å²) < 4.78 is 17.7. The Morgan fingerprint density at radius 2 is 2.17 bits per heavy atom. The van der Waals surface area contributed by atoms with Crippen molar-refractivity contribution >= 4 is 0 Å². The lowest BCUT2D eigenvalue weighted by Gasteiger charge is -2.09. The zero-order valence-corrected chi connectivity index (χ0v) is 7.47. The van der Waals surface area contributed by atoms with E-state index in [-0.39, 0.29) is 11.7 Å². The summed E-state index contributed by atoms with van der Waals surface area (Å²) in [4.78, 5) is 3.82. The maximum Gasteiger partial charge on any atom is 0.216 e. The maximum absolute atomic E-state index is 12.7. The summed E-state index contributed by atoms with van der Waals surface area (Å²) in [5.41, 5.74) is 0.803. The Hall–Kier alpha value is -1.12. The summed E-state index contributed by atoms with van der Waals surface area (Å²) in [7, 11) is 1.53. The van der Waals surface area contributed by atoms with Gasteiger partial charge in [0.05, 0.1) is 13.3 Å². The number of hydrogen-bond donors (Lipinski definition) is 0. The Bertz CT molecular complexity index is 273. The second-order valence-electron chi connectivity index (χ2n) is 2.91. The first-order valence-corrected chi connectivity index (χ1v) is 3.84. The Kier molecular flexibility index (Phi) is 2.63. The summed E-state index contributed by atoms with van der Waals surface area (Å²) in [6, 6.07) is 1.45. The summed E-state index contributed by atoms with van der Waals surface area (Å²) in [6.07, 6.45) is 1.16. The van der Waals surface area contributed by atoms with Crippen LogP contribution in [0.1, 0.15) is 25.3 Å². The van der Waals surface area contributed by atoms with Gasteiger partial charge in [-0.2, -0.15) is 0 Å². The first-order chi connectivity index (χ1) is 5.65. The van der Waals surface area contributed by atoms with Crippen LogP contribution < -0.4 is 4.74 Å². The molecular formula is C9H12FNO. The van der Waals surface area contributed by atoms with E-state index in [4.69, 9.17) is 4.74 Å². The average molecular weight is 169 g/mol. The van der Waals surface area contributed by atoms with Gasteiger partial charge in [-0.05, 0) is 12.0 Å². The number of hydrogen-bond acceptors (Lipinski definition) is 2. The molecular weight excluding hydrogens is 157 g/mol. The number of nitrogens with zero attached hydrogens (tertiary/aromatic N) is 1. The van der Waals surface area contributed by atoms with Crippen LogP contribution in [0.2, 0.25) is 0 Å². The van der Waals surface area contributed by atoms with Gasteiger partial charge in [-0.1, -0.05) is 13.8 Å². The highest BCUT2D eigenvalue weighted by molar-refractivity contribution is 5.28. The highest BCUT2D eigenvalue weighted by Gasteiger charge is 2.09. The van der Waals surface area contributed by atoms with E-state index < -0.39 is 0 Å². The van der Waals surface area contributed by atoms with Gasteiger partial charge in [-0.15, -0.1) is 0 Å². The molecule has 66 valence electrons. The molecule has 0 saturated carbocycles. The van der Waals surface area contributed by atoms with Crippen molar-refractivity contribution < 1.29 is 9.13 Å². The molecule has 0 N–H and O–H groups in total. The van der Waals surface area contributed by atoms with Crippen LogP contribution in [0.3, 0.4) is 0 Å². The molecule has 0 unspecified atom stereocenters. The van der Waals surface area contributed by atoms with Crippen LogP contribution in [-0.4, -0.2) is 12.1 Å². The molecule has 12 heavy (non-hydrogen) atoms. The van der Waals surface area contributed by atoms with Crippen molar-refractivity contribution in [2.45, 2.75) is 19.8 Å². The normalized spacial score (nSPS) is 10.4. The number of methoxy groups -OCH3 is 1. The third-order valence-corrected chi connectivity index (χ3v) is 1.66. The van der Waals surface area contributed by atoms with Crippen molar-refractivity contribution in [2.75, 3.05) is 7.11 Å². The third kappa shape index (κ3) is 1.72.